The lowest BCUT2D eigenvalue weighted by Crippen LogP contribution is -2.35. The standard InChI is InChI=1S/C19H28N6O.2ClH/c1-15-18(21-22-25(15)17-9-11-20-12-10-17)19(26)24(3)14-13-23(2)16-7-5-4-6-8-16;;/h4-8,17,20H,9-14H2,1-3H3;2*1H. The van der Waals surface area contributed by atoms with Crippen molar-refractivity contribution in [2.24, 2.45) is 0 Å². The van der Waals surface area contributed by atoms with Crippen LogP contribution >= 0.6 is 24.8 Å². The molecule has 1 aliphatic rings. The Morgan fingerprint density at radius 3 is 2.43 bits per heavy atom. The Morgan fingerprint density at radius 1 is 1.14 bits per heavy atom. The Bertz CT molecular complexity index is 733. The number of carbonyl (C=O) groups is 1. The highest BCUT2D eigenvalue weighted by Gasteiger charge is 2.24. The number of hydrogen-bond donors (Lipinski definition) is 1. The summed E-state index contributed by atoms with van der Waals surface area (Å²) in [6.45, 7) is 5.30. The maximum atomic E-state index is 12.8. The molecule has 1 aliphatic heterocycles. The van der Waals surface area contributed by atoms with E-state index in [1.54, 1.807) is 4.90 Å². The summed E-state index contributed by atoms with van der Waals surface area (Å²) in [5, 5.41) is 11.8. The van der Waals surface area contributed by atoms with Crippen LogP contribution in [0.2, 0.25) is 0 Å². The molecule has 1 fully saturated rings. The average molecular weight is 429 g/mol. The van der Waals surface area contributed by atoms with Crippen molar-refractivity contribution < 1.29 is 4.79 Å². The van der Waals surface area contributed by atoms with Gasteiger partial charge in [-0.2, -0.15) is 0 Å². The molecule has 156 valence electrons. The predicted octanol–water partition coefficient (Wildman–Crippen LogP) is 2.56. The number of amides is 1. The zero-order valence-corrected chi connectivity index (χ0v) is 18.3. The van der Waals surface area contributed by atoms with Gasteiger partial charge in [-0.3, -0.25) is 4.79 Å². The lowest BCUT2D eigenvalue weighted by atomic mass is 10.1. The summed E-state index contributed by atoms with van der Waals surface area (Å²) in [5.74, 6) is -0.0656. The minimum absolute atomic E-state index is 0. The van der Waals surface area contributed by atoms with E-state index in [4.69, 9.17) is 0 Å². The van der Waals surface area contributed by atoms with E-state index >= 15 is 0 Å². The number of hydrogen-bond acceptors (Lipinski definition) is 5. The molecule has 1 saturated heterocycles. The van der Waals surface area contributed by atoms with Crippen molar-refractivity contribution in [1.29, 1.82) is 0 Å². The number of nitrogens with zero attached hydrogens (tertiary/aromatic N) is 5. The number of anilines is 1. The van der Waals surface area contributed by atoms with Crippen LogP contribution in [0.5, 0.6) is 0 Å². The minimum Gasteiger partial charge on any atom is -0.373 e. The Labute approximate surface area is 179 Å². The topological polar surface area (TPSA) is 66.3 Å². The van der Waals surface area contributed by atoms with Crippen molar-refractivity contribution in [1.82, 2.24) is 25.2 Å². The molecule has 0 atom stereocenters. The number of nitrogens with one attached hydrogen (secondary N) is 1. The summed E-state index contributed by atoms with van der Waals surface area (Å²) >= 11 is 0. The van der Waals surface area contributed by atoms with E-state index in [0.29, 0.717) is 18.3 Å². The highest BCUT2D eigenvalue weighted by Crippen LogP contribution is 2.20. The number of carbonyl (C=O) groups excluding carboxylic acids is 1. The molecule has 9 heteroatoms. The van der Waals surface area contributed by atoms with E-state index in [1.807, 2.05) is 43.9 Å². The van der Waals surface area contributed by atoms with Crippen LogP contribution in [0.15, 0.2) is 30.3 Å². The van der Waals surface area contributed by atoms with Gasteiger partial charge in [0.2, 0.25) is 0 Å². The van der Waals surface area contributed by atoms with Crippen molar-refractivity contribution in [2.75, 3.05) is 45.2 Å². The number of benzene rings is 1. The second kappa shape index (κ2) is 11.2. The van der Waals surface area contributed by atoms with E-state index < -0.39 is 0 Å². The first-order valence-corrected chi connectivity index (χ1v) is 9.22. The molecule has 0 saturated carbocycles. The zero-order valence-electron chi connectivity index (χ0n) is 16.7. The van der Waals surface area contributed by atoms with Gasteiger partial charge < -0.3 is 15.1 Å². The molecular weight excluding hydrogens is 399 g/mol. The summed E-state index contributed by atoms with van der Waals surface area (Å²) in [4.78, 5) is 16.7. The highest BCUT2D eigenvalue weighted by molar-refractivity contribution is 5.93. The Hall–Kier alpha value is -1.83. The summed E-state index contributed by atoms with van der Waals surface area (Å²) in [7, 11) is 3.86. The van der Waals surface area contributed by atoms with Gasteiger partial charge in [-0.25, -0.2) is 4.68 Å². The Morgan fingerprint density at radius 2 is 1.79 bits per heavy atom. The van der Waals surface area contributed by atoms with Gasteiger partial charge in [-0.05, 0) is 45.0 Å². The molecule has 1 amide bonds. The van der Waals surface area contributed by atoms with E-state index in [2.05, 4.69) is 32.7 Å². The van der Waals surface area contributed by atoms with Crippen molar-refractivity contribution in [3.8, 4) is 0 Å². The smallest absolute Gasteiger partial charge is 0.276 e. The Kier molecular flexibility index (Phi) is 9.72. The SMILES string of the molecule is Cc1c(C(=O)N(C)CCN(C)c2ccccc2)nnn1C1CCNCC1.Cl.Cl. The first kappa shape index (κ1) is 24.2. The van der Waals surface area contributed by atoms with Crippen LogP contribution in [-0.4, -0.2) is 66.1 Å². The normalized spacial score (nSPS) is 14.0. The summed E-state index contributed by atoms with van der Waals surface area (Å²) in [6, 6.07) is 10.5. The van der Waals surface area contributed by atoms with Gasteiger partial charge in [-0.1, -0.05) is 23.4 Å². The molecule has 2 heterocycles. The van der Waals surface area contributed by atoms with Crippen LogP contribution in [0.4, 0.5) is 5.69 Å². The molecule has 0 aliphatic carbocycles. The second-order valence-corrected chi connectivity index (χ2v) is 6.93. The van der Waals surface area contributed by atoms with Crippen molar-refractivity contribution in [3.63, 3.8) is 0 Å². The van der Waals surface area contributed by atoms with Gasteiger partial charge in [0.15, 0.2) is 5.69 Å². The molecule has 0 unspecified atom stereocenters. The van der Waals surface area contributed by atoms with Gasteiger partial charge >= 0.3 is 0 Å². The van der Waals surface area contributed by atoms with E-state index in [9.17, 15) is 4.79 Å². The summed E-state index contributed by atoms with van der Waals surface area (Å²) in [6.07, 6.45) is 2.05. The number of likely N-dealkylation sites (N-methyl/N-ethyl adjacent to an activating group) is 2. The summed E-state index contributed by atoms with van der Waals surface area (Å²) < 4.78 is 1.93. The fourth-order valence-electron chi connectivity index (χ4n) is 3.33. The second-order valence-electron chi connectivity index (χ2n) is 6.93. The number of halogens is 2. The molecule has 1 aromatic carbocycles. The molecule has 0 spiro atoms. The molecule has 7 nitrogen and oxygen atoms in total. The van der Waals surface area contributed by atoms with Crippen molar-refractivity contribution >= 4 is 36.4 Å². The molecule has 1 aromatic heterocycles. The first-order chi connectivity index (χ1) is 12.6. The van der Waals surface area contributed by atoms with Crippen molar-refractivity contribution in [3.05, 3.63) is 41.7 Å². The Balaban J connectivity index is 0.00000196. The number of piperidine rings is 1. The van der Waals surface area contributed by atoms with Gasteiger partial charge in [0.1, 0.15) is 0 Å². The third-order valence-electron chi connectivity index (χ3n) is 5.10. The largest absolute Gasteiger partial charge is 0.373 e. The molecule has 28 heavy (non-hydrogen) atoms. The quantitative estimate of drug-likeness (QED) is 0.765. The molecule has 3 rings (SSSR count). The van der Waals surface area contributed by atoms with Gasteiger partial charge in [0, 0.05) is 32.9 Å². The van der Waals surface area contributed by atoms with Gasteiger partial charge in [0.05, 0.1) is 11.7 Å². The van der Waals surface area contributed by atoms with Crippen LogP contribution in [0, 0.1) is 6.92 Å². The fourth-order valence-corrected chi connectivity index (χ4v) is 3.33. The van der Waals surface area contributed by atoms with Gasteiger partial charge in [0.25, 0.3) is 5.91 Å². The molecule has 0 bridgehead atoms. The monoisotopic (exact) mass is 428 g/mol. The lowest BCUT2D eigenvalue weighted by molar-refractivity contribution is 0.0792. The maximum absolute atomic E-state index is 12.8. The molecule has 1 N–H and O–H groups in total. The number of rotatable bonds is 6. The zero-order chi connectivity index (χ0) is 18.5. The van der Waals surface area contributed by atoms with Crippen LogP contribution in [-0.2, 0) is 0 Å². The molecule has 2 aromatic rings. The van der Waals surface area contributed by atoms with Crippen LogP contribution < -0.4 is 10.2 Å². The maximum Gasteiger partial charge on any atom is 0.276 e. The number of para-hydroxylation sites is 1. The fraction of sp³-hybridized carbons (Fsp3) is 0.526. The molecule has 0 radical (unpaired) electrons. The first-order valence-electron chi connectivity index (χ1n) is 9.22. The van der Waals surface area contributed by atoms with E-state index in [0.717, 1.165) is 43.9 Å². The summed E-state index contributed by atoms with van der Waals surface area (Å²) in [5.41, 5.74) is 2.47. The number of aromatic nitrogens is 3. The van der Waals surface area contributed by atoms with Crippen LogP contribution in [0.1, 0.15) is 35.1 Å². The third-order valence-corrected chi connectivity index (χ3v) is 5.10. The minimum atomic E-state index is -0.0656. The van der Waals surface area contributed by atoms with Crippen molar-refractivity contribution in [2.45, 2.75) is 25.8 Å². The average Bonchev–Trinajstić information content (AvgIpc) is 3.08. The predicted molar refractivity (Wildman–Crippen MR) is 117 cm³/mol. The highest BCUT2D eigenvalue weighted by atomic mass is 35.5. The van der Waals surface area contributed by atoms with Gasteiger partial charge in [-0.15, -0.1) is 29.9 Å². The van der Waals surface area contributed by atoms with E-state index in [1.165, 1.54) is 0 Å². The third kappa shape index (κ3) is 5.59. The molecular formula is C19H30Cl2N6O. The van der Waals surface area contributed by atoms with Crippen LogP contribution in [0.3, 0.4) is 0 Å². The van der Waals surface area contributed by atoms with Crippen LogP contribution in [0.25, 0.3) is 0 Å². The van der Waals surface area contributed by atoms with E-state index in [-0.39, 0.29) is 30.7 Å². The lowest BCUT2D eigenvalue weighted by Gasteiger charge is -2.24.